The van der Waals surface area contributed by atoms with Crippen molar-refractivity contribution in [2.75, 3.05) is 12.9 Å². The Morgan fingerprint density at radius 1 is 1.06 bits per heavy atom. The number of aromatic nitrogens is 3. The van der Waals surface area contributed by atoms with Crippen molar-refractivity contribution in [3.05, 3.63) is 66.0 Å². The number of amides is 1. The first kappa shape index (κ1) is 22.7. The number of hydrogen-bond acceptors (Lipinski definition) is 6. The van der Waals surface area contributed by atoms with Crippen LogP contribution in [0.4, 0.5) is 0 Å². The van der Waals surface area contributed by atoms with Crippen LogP contribution in [0.2, 0.25) is 0 Å². The molecule has 3 aromatic rings. The van der Waals surface area contributed by atoms with Crippen molar-refractivity contribution in [1.82, 2.24) is 20.1 Å². The third-order valence-electron chi connectivity index (χ3n) is 4.81. The molecule has 1 heterocycles. The Balaban J connectivity index is 1.59. The molecule has 1 aromatic heterocycles. The summed E-state index contributed by atoms with van der Waals surface area (Å²) in [6, 6.07) is 17.3. The molecule has 0 saturated carbocycles. The fourth-order valence-electron chi connectivity index (χ4n) is 3.15. The fourth-order valence-corrected chi connectivity index (χ4v) is 3.97. The number of ether oxygens (including phenoxy) is 2. The molecule has 0 aliphatic heterocycles. The molecular formula is C23H28N4O3S. The Kier molecular flexibility index (Phi) is 7.94. The maximum Gasteiger partial charge on any atom is 0.230 e. The van der Waals surface area contributed by atoms with E-state index in [2.05, 4.69) is 15.5 Å². The molecule has 8 heteroatoms. The smallest absolute Gasteiger partial charge is 0.230 e. The van der Waals surface area contributed by atoms with Gasteiger partial charge in [0.2, 0.25) is 5.91 Å². The number of rotatable bonds is 10. The van der Waals surface area contributed by atoms with Crippen molar-refractivity contribution >= 4 is 17.7 Å². The minimum Gasteiger partial charge on any atom is -0.497 e. The molecule has 2 aromatic carbocycles. The molecule has 0 bridgehead atoms. The highest BCUT2D eigenvalue weighted by Crippen LogP contribution is 2.26. The van der Waals surface area contributed by atoms with Crippen LogP contribution in [0, 0.1) is 0 Å². The summed E-state index contributed by atoms with van der Waals surface area (Å²) in [7, 11) is 1.63. The van der Waals surface area contributed by atoms with Crippen molar-refractivity contribution in [3.8, 4) is 11.5 Å². The molecule has 0 radical (unpaired) electrons. The van der Waals surface area contributed by atoms with E-state index in [9.17, 15) is 4.79 Å². The van der Waals surface area contributed by atoms with E-state index < -0.39 is 0 Å². The number of carbonyl (C=O) groups is 1. The molecule has 164 valence electrons. The van der Waals surface area contributed by atoms with E-state index in [1.165, 1.54) is 11.8 Å². The van der Waals surface area contributed by atoms with Crippen molar-refractivity contribution in [3.63, 3.8) is 0 Å². The van der Waals surface area contributed by atoms with Crippen LogP contribution in [-0.4, -0.2) is 33.5 Å². The number of carbonyl (C=O) groups excluding carboxylic acids is 1. The number of hydrogen-bond donors (Lipinski definition) is 1. The summed E-state index contributed by atoms with van der Waals surface area (Å²) in [5.41, 5.74) is 1.07. The first-order valence-corrected chi connectivity index (χ1v) is 11.2. The Morgan fingerprint density at radius 3 is 2.39 bits per heavy atom. The lowest BCUT2D eigenvalue weighted by molar-refractivity contribution is -0.119. The summed E-state index contributed by atoms with van der Waals surface area (Å²) in [5.74, 6) is 2.44. The highest BCUT2D eigenvalue weighted by atomic mass is 32.2. The molecule has 3 rings (SSSR count). The van der Waals surface area contributed by atoms with Gasteiger partial charge < -0.3 is 19.4 Å². The number of nitrogens with zero attached hydrogens (tertiary/aromatic N) is 3. The average molecular weight is 441 g/mol. The molecule has 0 fully saturated rings. The minimum absolute atomic E-state index is 0.0453. The van der Waals surface area contributed by atoms with E-state index in [1.807, 2.05) is 79.9 Å². The zero-order valence-corrected chi connectivity index (χ0v) is 19.1. The van der Waals surface area contributed by atoms with Gasteiger partial charge in [0.05, 0.1) is 18.9 Å². The van der Waals surface area contributed by atoms with E-state index in [0.717, 1.165) is 22.9 Å². The molecule has 0 aliphatic rings. The number of benzene rings is 2. The molecule has 2 atom stereocenters. The van der Waals surface area contributed by atoms with Gasteiger partial charge in [-0.25, -0.2) is 0 Å². The summed E-state index contributed by atoms with van der Waals surface area (Å²) < 4.78 is 13.2. The first-order valence-electron chi connectivity index (χ1n) is 10.2. The van der Waals surface area contributed by atoms with Gasteiger partial charge in [-0.05, 0) is 50.6 Å². The molecule has 1 amide bonds. The Bertz CT molecular complexity index is 976. The highest BCUT2D eigenvalue weighted by Gasteiger charge is 2.20. The zero-order chi connectivity index (χ0) is 22.2. The van der Waals surface area contributed by atoms with Gasteiger partial charge in [-0.2, -0.15) is 0 Å². The molecular weight excluding hydrogens is 412 g/mol. The van der Waals surface area contributed by atoms with Gasteiger partial charge >= 0.3 is 0 Å². The summed E-state index contributed by atoms with van der Waals surface area (Å²) in [4.78, 5) is 12.4. The Hall–Kier alpha value is -3.00. The van der Waals surface area contributed by atoms with Crippen LogP contribution in [0.5, 0.6) is 11.5 Å². The SMILES string of the molecule is CCn1c(SCC(=O)NC(C)c2ccccc2)nnc1C(C)Oc1ccc(OC)cc1. The zero-order valence-electron chi connectivity index (χ0n) is 18.2. The number of nitrogens with one attached hydrogen (secondary N) is 1. The molecule has 7 nitrogen and oxygen atoms in total. The highest BCUT2D eigenvalue weighted by molar-refractivity contribution is 7.99. The van der Waals surface area contributed by atoms with Crippen LogP contribution in [0.15, 0.2) is 59.8 Å². The van der Waals surface area contributed by atoms with Gasteiger partial charge in [-0.1, -0.05) is 42.1 Å². The van der Waals surface area contributed by atoms with Crippen LogP contribution >= 0.6 is 11.8 Å². The third kappa shape index (κ3) is 6.01. The van der Waals surface area contributed by atoms with Crippen LogP contribution in [0.25, 0.3) is 0 Å². The van der Waals surface area contributed by atoms with Crippen LogP contribution in [0.3, 0.4) is 0 Å². The lowest BCUT2D eigenvalue weighted by atomic mass is 10.1. The van der Waals surface area contributed by atoms with Gasteiger partial charge in [0.25, 0.3) is 0 Å². The predicted octanol–water partition coefficient (Wildman–Crippen LogP) is 4.42. The maximum atomic E-state index is 12.4. The largest absolute Gasteiger partial charge is 0.497 e. The average Bonchev–Trinajstić information content (AvgIpc) is 3.22. The molecule has 1 N–H and O–H groups in total. The minimum atomic E-state index is -0.290. The van der Waals surface area contributed by atoms with Crippen LogP contribution < -0.4 is 14.8 Å². The van der Waals surface area contributed by atoms with E-state index in [4.69, 9.17) is 9.47 Å². The van der Waals surface area contributed by atoms with E-state index in [-0.39, 0.29) is 23.8 Å². The number of thioether (sulfide) groups is 1. The van der Waals surface area contributed by atoms with Crippen molar-refractivity contribution in [2.45, 2.75) is 44.6 Å². The lowest BCUT2D eigenvalue weighted by Gasteiger charge is -2.16. The van der Waals surface area contributed by atoms with Crippen molar-refractivity contribution in [1.29, 1.82) is 0 Å². The third-order valence-corrected chi connectivity index (χ3v) is 5.77. The molecule has 0 saturated heterocycles. The molecule has 31 heavy (non-hydrogen) atoms. The van der Waals surface area contributed by atoms with Gasteiger partial charge in [-0.15, -0.1) is 10.2 Å². The molecule has 2 unspecified atom stereocenters. The monoisotopic (exact) mass is 440 g/mol. The topological polar surface area (TPSA) is 78.3 Å². The second-order valence-corrected chi connectivity index (χ2v) is 7.95. The second kappa shape index (κ2) is 10.9. The Labute approximate surface area is 187 Å². The summed E-state index contributed by atoms with van der Waals surface area (Å²) >= 11 is 1.37. The first-order chi connectivity index (χ1) is 15.0. The summed E-state index contributed by atoms with van der Waals surface area (Å²) in [6.07, 6.45) is -0.290. The number of methoxy groups -OCH3 is 1. The molecule has 0 spiro atoms. The van der Waals surface area contributed by atoms with Crippen LogP contribution in [0.1, 0.15) is 44.3 Å². The lowest BCUT2D eigenvalue weighted by Crippen LogP contribution is -2.28. The van der Waals surface area contributed by atoms with E-state index in [1.54, 1.807) is 7.11 Å². The van der Waals surface area contributed by atoms with E-state index >= 15 is 0 Å². The standard InChI is InChI=1S/C23H28N4O3S/c1-5-27-22(17(3)30-20-13-11-19(29-4)12-14-20)25-26-23(27)31-15-21(28)24-16(2)18-9-7-6-8-10-18/h6-14,16-17H,5,15H2,1-4H3,(H,24,28). The van der Waals surface area contributed by atoms with Crippen LogP contribution in [-0.2, 0) is 11.3 Å². The summed E-state index contributed by atoms with van der Waals surface area (Å²) in [5, 5.41) is 12.3. The quantitative estimate of drug-likeness (QED) is 0.470. The second-order valence-electron chi connectivity index (χ2n) is 7.01. The van der Waals surface area contributed by atoms with Gasteiger partial charge in [0.1, 0.15) is 11.5 Å². The maximum absolute atomic E-state index is 12.4. The van der Waals surface area contributed by atoms with E-state index in [0.29, 0.717) is 11.7 Å². The fraction of sp³-hybridized carbons (Fsp3) is 0.348. The van der Waals surface area contributed by atoms with Crippen molar-refractivity contribution < 1.29 is 14.3 Å². The Morgan fingerprint density at radius 2 is 1.74 bits per heavy atom. The summed E-state index contributed by atoms with van der Waals surface area (Å²) in [6.45, 7) is 6.61. The van der Waals surface area contributed by atoms with Gasteiger partial charge in [0.15, 0.2) is 17.1 Å². The van der Waals surface area contributed by atoms with Gasteiger partial charge in [0, 0.05) is 6.54 Å². The van der Waals surface area contributed by atoms with Gasteiger partial charge in [-0.3, -0.25) is 4.79 Å². The molecule has 0 aliphatic carbocycles. The normalized spacial score (nSPS) is 12.8. The van der Waals surface area contributed by atoms with Crippen molar-refractivity contribution in [2.24, 2.45) is 0 Å². The predicted molar refractivity (Wildman–Crippen MR) is 121 cm³/mol.